The van der Waals surface area contributed by atoms with Crippen LogP contribution in [0.3, 0.4) is 0 Å². The molecule has 0 radical (unpaired) electrons. The van der Waals surface area contributed by atoms with Gasteiger partial charge in [-0.15, -0.1) is 0 Å². The molecule has 1 rings (SSSR count). The molecule has 0 unspecified atom stereocenters. The van der Waals surface area contributed by atoms with Crippen LogP contribution in [0.4, 0.5) is 0 Å². The maximum absolute atomic E-state index is 4.12. The summed E-state index contributed by atoms with van der Waals surface area (Å²) in [4.78, 5) is 2.33. The first-order valence-corrected chi connectivity index (χ1v) is 5.30. The second-order valence-electron chi connectivity index (χ2n) is 4.59. The third-order valence-corrected chi connectivity index (χ3v) is 2.51. The Hall–Kier alpha value is -0.980. The fraction of sp³-hybridized carbons (Fsp3) is 0.538. The van der Waals surface area contributed by atoms with Crippen LogP contribution in [0.5, 0.6) is 0 Å². The first-order valence-electron chi connectivity index (χ1n) is 5.30. The zero-order valence-corrected chi connectivity index (χ0v) is 9.80. The highest BCUT2D eigenvalue weighted by molar-refractivity contribution is 5.33. The van der Waals surface area contributed by atoms with Crippen molar-refractivity contribution in [1.29, 1.82) is 0 Å². The molecule has 0 N–H and O–H groups in total. The van der Waals surface area contributed by atoms with E-state index in [1.807, 2.05) is 0 Å². The maximum atomic E-state index is 4.12. The minimum atomic E-state index is 0.490. The molecular weight excluding hydrogens is 170 g/mol. The first-order chi connectivity index (χ1) is 6.43. The molecule has 0 aromatic heterocycles. The first kappa shape index (κ1) is 11.1. The molecule has 0 atom stereocenters. The predicted molar refractivity (Wildman–Crippen MR) is 62.8 cm³/mol. The van der Waals surface area contributed by atoms with Gasteiger partial charge >= 0.3 is 0 Å². The molecule has 1 nitrogen and oxygen atoms in total. The molecule has 78 valence electrons. The van der Waals surface area contributed by atoms with Crippen LogP contribution in [-0.2, 0) is 0 Å². The Morgan fingerprint density at radius 2 is 1.79 bits per heavy atom. The molecule has 1 heterocycles. The van der Waals surface area contributed by atoms with E-state index in [4.69, 9.17) is 0 Å². The van der Waals surface area contributed by atoms with E-state index >= 15 is 0 Å². The third kappa shape index (κ3) is 2.09. The minimum absolute atomic E-state index is 0.490. The van der Waals surface area contributed by atoms with Gasteiger partial charge in [0.2, 0.25) is 0 Å². The van der Waals surface area contributed by atoms with Crippen LogP contribution in [0.2, 0.25) is 0 Å². The lowest BCUT2D eigenvalue weighted by molar-refractivity contribution is 0.309. The third-order valence-electron chi connectivity index (χ3n) is 2.51. The van der Waals surface area contributed by atoms with Gasteiger partial charge in [0.05, 0.1) is 0 Å². The molecule has 1 aliphatic heterocycles. The molecule has 0 amide bonds. The van der Waals surface area contributed by atoms with E-state index in [-0.39, 0.29) is 0 Å². The molecule has 0 spiro atoms. The lowest BCUT2D eigenvalue weighted by Crippen LogP contribution is -2.33. The zero-order valence-electron chi connectivity index (χ0n) is 9.80. The van der Waals surface area contributed by atoms with Crippen LogP contribution in [0.1, 0.15) is 34.1 Å². The van der Waals surface area contributed by atoms with Gasteiger partial charge in [0, 0.05) is 23.9 Å². The molecule has 0 fully saturated rings. The SMILES string of the molecule is C=C1C=C(C(C)C)N(C(C)C)C(=C)C1. The summed E-state index contributed by atoms with van der Waals surface area (Å²) in [6.45, 7) is 17.0. The average Bonchev–Trinajstić information content (AvgIpc) is 2.01. The molecule has 1 aliphatic rings. The largest absolute Gasteiger partial charge is 0.346 e. The molecule has 0 saturated heterocycles. The van der Waals surface area contributed by atoms with Crippen molar-refractivity contribution in [3.63, 3.8) is 0 Å². The Kier molecular flexibility index (Phi) is 3.20. The van der Waals surface area contributed by atoms with Gasteiger partial charge in [-0.05, 0) is 31.4 Å². The minimum Gasteiger partial charge on any atom is -0.346 e. The molecule has 0 aromatic carbocycles. The Balaban J connectivity index is 3.05. The Morgan fingerprint density at radius 1 is 1.21 bits per heavy atom. The van der Waals surface area contributed by atoms with Gasteiger partial charge in [-0.1, -0.05) is 27.0 Å². The van der Waals surface area contributed by atoms with Gasteiger partial charge in [0.15, 0.2) is 0 Å². The molecule has 0 aliphatic carbocycles. The number of rotatable bonds is 2. The van der Waals surface area contributed by atoms with E-state index in [1.54, 1.807) is 0 Å². The van der Waals surface area contributed by atoms with E-state index in [0.29, 0.717) is 12.0 Å². The second kappa shape index (κ2) is 4.04. The van der Waals surface area contributed by atoms with Gasteiger partial charge in [0.25, 0.3) is 0 Å². The Bertz CT molecular complexity index is 282. The highest BCUT2D eigenvalue weighted by Gasteiger charge is 2.22. The van der Waals surface area contributed by atoms with E-state index < -0.39 is 0 Å². The van der Waals surface area contributed by atoms with E-state index in [1.165, 1.54) is 17.0 Å². The average molecular weight is 191 g/mol. The molecule has 0 saturated carbocycles. The summed E-state index contributed by atoms with van der Waals surface area (Å²) in [5.74, 6) is 0.534. The summed E-state index contributed by atoms with van der Waals surface area (Å²) in [5, 5.41) is 0. The molecular formula is C13H21N. The van der Waals surface area contributed by atoms with E-state index in [2.05, 4.69) is 51.8 Å². The number of allylic oxidation sites excluding steroid dienone is 3. The Morgan fingerprint density at radius 3 is 2.21 bits per heavy atom. The van der Waals surface area contributed by atoms with Crippen molar-refractivity contribution in [1.82, 2.24) is 4.90 Å². The monoisotopic (exact) mass is 191 g/mol. The van der Waals surface area contributed by atoms with Gasteiger partial charge < -0.3 is 4.90 Å². The summed E-state index contributed by atoms with van der Waals surface area (Å²) >= 11 is 0. The van der Waals surface area contributed by atoms with Gasteiger partial charge in [-0.3, -0.25) is 0 Å². The number of nitrogens with zero attached hydrogens (tertiary/aromatic N) is 1. The van der Waals surface area contributed by atoms with Crippen molar-refractivity contribution in [2.75, 3.05) is 0 Å². The summed E-state index contributed by atoms with van der Waals surface area (Å²) in [7, 11) is 0. The van der Waals surface area contributed by atoms with Crippen molar-refractivity contribution in [3.8, 4) is 0 Å². The summed E-state index contributed by atoms with van der Waals surface area (Å²) < 4.78 is 0. The zero-order chi connectivity index (χ0) is 10.9. The van der Waals surface area contributed by atoms with Crippen molar-refractivity contribution < 1.29 is 0 Å². The van der Waals surface area contributed by atoms with Crippen molar-refractivity contribution in [2.24, 2.45) is 5.92 Å². The normalized spacial score (nSPS) is 18.1. The molecule has 1 heteroatoms. The number of hydrogen-bond donors (Lipinski definition) is 0. The topological polar surface area (TPSA) is 3.24 Å². The molecule has 0 aromatic rings. The molecule has 14 heavy (non-hydrogen) atoms. The molecule has 0 bridgehead atoms. The van der Waals surface area contributed by atoms with Crippen LogP contribution in [0, 0.1) is 5.92 Å². The Labute approximate surface area is 87.8 Å². The van der Waals surface area contributed by atoms with Crippen molar-refractivity contribution in [2.45, 2.75) is 40.2 Å². The highest BCUT2D eigenvalue weighted by Crippen LogP contribution is 2.31. The van der Waals surface area contributed by atoms with Crippen LogP contribution in [0.25, 0.3) is 0 Å². The van der Waals surface area contributed by atoms with E-state index in [9.17, 15) is 0 Å². The smallest absolute Gasteiger partial charge is 0.0279 e. The standard InChI is InChI=1S/C13H21N/c1-9(2)13-8-11(5)7-12(6)14(13)10(3)4/h8-10H,5-7H2,1-4H3. The summed E-state index contributed by atoms with van der Waals surface area (Å²) in [6.07, 6.45) is 3.12. The lowest BCUT2D eigenvalue weighted by Gasteiger charge is -2.38. The second-order valence-corrected chi connectivity index (χ2v) is 4.59. The maximum Gasteiger partial charge on any atom is 0.0279 e. The van der Waals surface area contributed by atoms with Gasteiger partial charge in [-0.2, -0.15) is 0 Å². The number of hydrogen-bond acceptors (Lipinski definition) is 1. The fourth-order valence-corrected chi connectivity index (χ4v) is 1.97. The van der Waals surface area contributed by atoms with Crippen molar-refractivity contribution >= 4 is 0 Å². The van der Waals surface area contributed by atoms with Crippen LogP contribution in [-0.4, -0.2) is 10.9 Å². The fourth-order valence-electron chi connectivity index (χ4n) is 1.97. The van der Waals surface area contributed by atoms with Gasteiger partial charge in [-0.25, -0.2) is 0 Å². The highest BCUT2D eigenvalue weighted by atomic mass is 15.2. The van der Waals surface area contributed by atoms with Crippen molar-refractivity contribution in [3.05, 3.63) is 36.2 Å². The van der Waals surface area contributed by atoms with Crippen LogP contribution >= 0.6 is 0 Å². The summed E-state index contributed by atoms with van der Waals surface area (Å²) in [5.41, 5.74) is 3.70. The van der Waals surface area contributed by atoms with Crippen LogP contribution < -0.4 is 0 Å². The quantitative estimate of drug-likeness (QED) is 0.643. The van der Waals surface area contributed by atoms with Gasteiger partial charge in [0.1, 0.15) is 0 Å². The van der Waals surface area contributed by atoms with Crippen LogP contribution in [0.15, 0.2) is 36.2 Å². The predicted octanol–water partition coefficient (Wildman–Crippen LogP) is 3.71. The lowest BCUT2D eigenvalue weighted by atomic mass is 9.97. The van der Waals surface area contributed by atoms with E-state index in [0.717, 1.165) is 6.42 Å². The summed E-state index contributed by atoms with van der Waals surface area (Å²) in [6, 6.07) is 0.490.